The second-order valence-electron chi connectivity index (χ2n) is 7.77. The largest absolute Gasteiger partial charge is 0.467 e. The molecule has 0 unspecified atom stereocenters. The highest BCUT2D eigenvalue weighted by molar-refractivity contribution is 5.95. The van der Waals surface area contributed by atoms with E-state index in [1.807, 2.05) is 53.5 Å². The van der Waals surface area contributed by atoms with Crippen LogP contribution in [-0.2, 0) is 11.3 Å². The molecule has 0 radical (unpaired) electrons. The van der Waals surface area contributed by atoms with Crippen molar-refractivity contribution in [2.75, 3.05) is 26.1 Å². The summed E-state index contributed by atoms with van der Waals surface area (Å²) in [5.41, 5.74) is 3.94. The van der Waals surface area contributed by atoms with E-state index in [2.05, 4.69) is 25.4 Å². The zero-order chi connectivity index (χ0) is 24.2. The molecular weight excluding hydrogens is 446 g/mol. The summed E-state index contributed by atoms with van der Waals surface area (Å²) >= 11 is 0. The Morgan fingerprint density at radius 2 is 1.80 bits per heavy atom. The van der Waals surface area contributed by atoms with Crippen LogP contribution in [-0.4, -0.2) is 50.5 Å². The van der Waals surface area contributed by atoms with Gasteiger partial charge in [-0.3, -0.25) is 9.48 Å². The Bertz CT molecular complexity index is 1510. The molecule has 0 atom stereocenters. The number of ether oxygens (including phenoxy) is 2. The highest BCUT2D eigenvalue weighted by Crippen LogP contribution is 2.28. The molecule has 0 bridgehead atoms. The lowest BCUT2D eigenvalue weighted by atomic mass is 10.1. The first-order valence-electron chi connectivity index (χ1n) is 10.9. The Kier molecular flexibility index (Phi) is 6.18. The Hall–Kier alpha value is -4.57. The molecule has 5 rings (SSSR count). The fraction of sp³-hybridized carbons (Fsp3) is 0.160. The maximum absolute atomic E-state index is 12.6. The summed E-state index contributed by atoms with van der Waals surface area (Å²) in [6.07, 6.45) is 8.70. The Morgan fingerprint density at radius 1 is 1.00 bits per heavy atom. The monoisotopic (exact) mass is 469 g/mol. The molecule has 4 heterocycles. The van der Waals surface area contributed by atoms with E-state index in [0.29, 0.717) is 35.6 Å². The van der Waals surface area contributed by atoms with Crippen molar-refractivity contribution >= 4 is 22.3 Å². The van der Waals surface area contributed by atoms with Crippen LogP contribution in [0.25, 0.3) is 33.2 Å². The number of fused-ring (bicyclic) bond motifs is 1. The zero-order valence-electron chi connectivity index (χ0n) is 19.2. The van der Waals surface area contributed by atoms with Crippen LogP contribution >= 0.6 is 0 Å². The molecule has 0 amide bonds. The minimum atomic E-state index is -0.227. The molecule has 0 aliphatic heterocycles. The van der Waals surface area contributed by atoms with E-state index in [1.165, 1.54) is 7.11 Å². The van der Waals surface area contributed by atoms with Gasteiger partial charge < -0.3 is 19.8 Å². The fourth-order valence-electron chi connectivity index (χ4n) is 3.71. The van der Waals surface area contributed by atoms with E-state index in [4.69, 9.17) is 14.5 Å². The maximum atomic E-state index is 12.6. The number of pyridine rings is 2. The molecule has 4 aromatic heterocycles. The van der Waals surface area contributed by atoms with E-state index < -0.39 is 0 Å². The number of aromatic nitrogens is 6. The van der Waals surface area contributed by atoms with E-state index in [1.54, 1.807) is 25.7 Å². The number of anilines is 2. The number of hydrogen-bond donors (Lipinski definition) is 2. The highest BCUT2D eigenvalue weighted by Gasteiger charge is 2.13. The van der Waals surface area contributed by atoms with Gasteiger partial charge in [0.15, 0.2) is 0 Å². The summed E-state index contributed by atoms with van der Waals surface area (Å²) in [5.74, 6) is 0.440. The third-order valence-corrected chi connectivity index (χ3v) is 5.50. The Balaban J connectivity index is 1.47. The van der Waals surface area contributed by atoms with Crippen molar-refractivity contribution in [3.63, 3.8) is 0 Å². The first-order chi connectivity index (χ1) is 17.1. The summed E-state index contributed by atoms with van der Waals surface area (Å²) in [6.45, 7) is 1.30. The number of methoxy groups -OCH3 is 2. The van der Waals surface area contributed by atoms with Crippen LogP contribution in [0.2, 0.25) is 0 Å². The van der Waals surface area contributed by atoms with E-state index in [0.717, 1.165) is 22.2 Å². The maximum Gasteiger partial charge on any atom is 0.316 e. The Morgan fingerprint density at radius 3 is 2.54 bits per heavy atom. The average Bonchev–Trinajstić information content (AvgIpc) is 3.37. The number of rotatable bonds is 8. The van der Waals surface area contributed by atoms with Crippen LogP contribution in [0.4, 0.5) is 11.5 Å². The zero-order valence-corrected chi connectivity index (χ0v) is 19.2. The first kappa shape index (κ1) is 22.2. The summed E-state index contributed by atoms with van der Waals surface area (Å²) in [5, 5.41) is 8.88. The lowest BCUT2D eigenvalue weighted by molar-refractivity contribution is 0.183. The third-order valence-electron chi connectivity index (χ3n) is 5.50. The van der Waals surface area contributed by atoms with Crippen LogP contribution in [0.3, 0.4) is 0 Å². The molecule has 0 fully saturated rings. The lowest BCUT2D eigenvalue weighted by Gasteiger charge is -2.11. The minimum absolute atomic E-state index is 0.227. The predicted molar refractivity (Wildman–Crippen MR) is 133 cm³/mol. The Labute approximate surface area is 200 Å². The normalized spacial score (nSPS) is 11.0. The molecule has 0 saturated heterocycles. The number of nitrogens with zero attached hydrogens (tertiary/aromatic N) is 5. The third kappa shape index (κ3) is 4.73. The lowest BCUT2D eigenvalue weighted by Crippen LogP contribution is -2.09. The van der Waals surface area contributed by atoms with Crippen molar-refractivity contribution in [1.82, 2.24) is 29.7 Å². The van der Waals surface area contributed by atoms with Gasteiger partial charge in [0, 0.05) is 48.7 Å². The van der Waals surface area contributed by atoms with Crippen molar-refractivity contribution in [1.29, 1.82) is 0 Å². The summed E-state index contributed by atoms with van der Waals surface area (Å²) < 4.78 is 12.0. The second kappa shape index (κ2) is 9.74. The molecule has 0 saturated carbocycles. The molecule has 0 aliphatic carbocycles. The molecule has 1 aromatic carbocycles. The van der Waals surface area contributed by atoms with Crippen LogP contribution < -0.4 is 15.6 Å². The molecule has 2 N–H and O–H groups in total. The van der Waals surface area contributed by atoms with Gasteiger partial charge in [0.1, 0.15) is 5.82 Å². The van der Waals surface area contributed by atoms with Crippen LogP contribution in [0.15, 0.2) is 72.2 Å². The SMILES string of the molecule is COCCn1cc(-c2ccc(Nc3nc(-c4cnc(OC)nc4)cc4cc[nH]c(=O)c34)cc2)cn1. The number of benzene rings is 1. The molecule has 35 heavy (non-hydrogen) atoms. The van der Waals surface area contributed by atoms with Crippen molar-refractivity contribution in [2.45, 2.75) is 6.54 Å². The molecule has 5 aromatic rings. The molecular formula is C25H23N7O3. The molecule has 0 spiro atoms. The topological polar surface area (TPSA) is 120 Å². The second-order valence-corrected chi connectivity index (χ2v) is 7.77. The van der Waals surface area contributed by atoms with Gasteiger partial charge >= 0.3 is 6.01 Å². The summed E-state index contributed by atoms with van der Waals surface area (Å²) in [4.78, 5) is 28.4. The highest BCUT2D eigenvalue weighted by atomic mass is 16.5. The van der Waals surface area contributed by atoms with E-state index in [-0.39, 0.29) is 11.6 Å². The molecule has 0 aliphatic rings. The van der Waals surface area contributed by atoms with Gasteiger partial charge in [-0.2, -0.15) is 5.10 Å². The van der Waals surface area contributed by atoms with Gasteiger partial charge in [-0.15, -0.1) is 0 Å². The number of hydrogen-bond acceptors (Lipinski definition) is 8. The standard InChI is InChI=1S/C25H23N7O3/c1-34-10-9-32-15-19(14-29-32)16-3-5-20(6-4-16)30-23-22-17(7-8-26-24(22)33)11-21(31-23)18-12-27-25(35-2)28-13-18/h3-8,11-15H,9-10H2,1-2H3,(H,26,33)(H,30,31). The quantitative estimate of drug-likeness (QED) is 0.353. The predicted octanol–water partition coefficient (Wildman–Crippen LogP) is 3.64. The number of H-pyrrole nitrogens is 1. The van der Waals surface area contributed by atoms with Gasteiger partial charge in [0.2, 0.25) is 0 Å². The van der Waals surface area contributed by atoms with Gasteiger partial charge in [0.25, 0.3) is 5.56 Å². The minimum Gasteiger partial charge on any atom is -0.467 e. The van der Waals surface area contributed by atoms with Crippen LogP contribution in [0, 0.1) is 0 Å². The van der Waals surface area contributed by atoms with Gasteiger partial charge in [-0.1, -0.05) is 12.1 Å². The smallest absolute Gasteiger partial charge is 0.316 e. The van der Waals surface area contributed by atoms with Gasteiger partial charge in [0.05, 0.1) is 37.5 Å². The number of nitrogens with one attached hydrogen (secondary N) is 2. The fourth-order valence-corrected chi connectivity index (χ4v) is 3.71. The summed E-state index contributed by atoms with van der Waals surface area (Å²) in [6, 6.07) is 11.8. The average molecular weight is 470 g/mol. The van der Waals surface area contributed by atoms with Crippen molar-refractivity contribution in [2.24, 2.45) is 0 Å². The van der Waals surface area contributed by atoms with E-state index >= 15 is 0 Å². The van der Waals surface area contributed by atoms with Crippen LogP contribution in [0.5, 0.6) is 6.01 Å². The van der Waals surface area contributed by atoms with Gasteiger partial charge in [-0.05, 0) is 35.2 Å². The van der Waals surface area contributed by atoms with Crippen molar-refractivity contribution < 1.29 is 9.47 Å². The first-order valence-corrected chi connectivity index (χ1v) is 10.9. The molecule has 176 valence electrons. The van der Waals surface area contributed by atoms with Gasteiger partial charge in [-0.25, -0.2) is 15.0 Å². The molecule has 10 heteroatoms. The molecule has 10 nitrogen and oxygen atoms in total. The number of aromatic amines is 1. The van der Waals surface area contributed by atoms with Crippen molar-refractivity contribution in [3.8, 4) is 28.4 Å². The summed E-state index contributed by atoms with van der Waals surface area (Å²) in [7, 11) is 3.18. The van der Waals surface area contributed by atoms with Crippen molar-refractivity contribution in [3.05, 3.63) is 77.7 Å². The van der Waals surface area contributed by atoms with Crippen LogP contribution in [0.1, 0.15) is 0 Å². The van der Waals surface area contributed by atoms with E-state index in [9.17, 15) is 4.79 Å².